The summed E-state index contributed by atoms with van der Waals surface area (Å²) < 4.78 is 35.4. The summed E-state index contributed by atoms with van der Waals surface area (Å²) in [4.78, 5) is 122. The Kier molecular flexibility index (Phi) is 17.7. The van der Waals surface area contributed by atoms with Gasteiger partial charge in [-0.25, -0.2) is 44.1 Å². The molecule has 0 fully saturated rings. The Labute approximate surface area is 520 Å². The van der Waals surface area contributed by atoms with E-state index in [4.69, 9.17) is 23.9 Å². The molecular formula is C58H35FN20O12S2. The lowest BCUT2D eigenvalue weighted by molar-refractivity contribution is -0.385. The van der Waals surface area contributed by atoms with E-state index < -0.39 is 27.5 Å². The zero-order valence-corrected chi connectivity index (χ0v) is 48.4. The molecule has 93 heavy (non-hydrogen) atoms. The van der Waals surface area contributed by atoms with Crippen LogP contribution in [0.1, 0.15) is 11.1 Å². The van der Waals surface area contributed by atoms with Crippen LogP contribution in [-0.4, -0.2) is 97.2 Å². The van der Waals surface area contributed by atoms with Gasteiger partial charge >= 0.3 is 11.4 Å². The summed E-state index contributed by atoms with van der Waals surface area (Å²) in [5.74, 6) is 0.950. The monoisotopic (exact) mass is 1290 g/mol. The Morgan fingerprint density at radius 1 is 0.570 bits per heavy atom. The number of aromatic amines is 8. The second-order valence-corrected chi connectivity index (χ2v) is 20.3. The van der Waals surface area contributed by atoms with Crippen LogP contribution in [0.15, 0.2) is 180 Å². The van der Waals surface area contributed by atoms with Gasteiger partial charge < -0.3 is 38.6 Å². The molecule has 15 aromatic rings. The zero-order valence-electron chi connectivity index (χ0n) is 46.8. The number of halogens is 1. The highest BCUT2D eigenvalue weighted by molar-refractivity contribution is 7.21. The third-order valence-corrected chi connectivity index (χ3v) is 14.6. The van der Waals surface area contributed by atoms with Crippen LogP contribution in [-0.2, 0) is 0 Å². The molecule has 10 aromatic heterocycles. The lowest BCUT2D eigenvalue weighted by atomic mass is 10.1. The van der Waals surface area contributed by atoms with E-state index in [1.807, 2.05) is 42.5 Å². The topological polar surface area (TPSA) is 476 Å². The van der Waals surface area contributed by atoms with Gasteiger partial charge in [-0.15, -0.1) is 0 Å². The third-order valence-electron chi connectivity index (χ3n) is 12.6. The molecule has 10 heterocycles. The highest BCUT2D eigenvalue weighted by atomic mass is 32.1. The summed E-state index contributed by atoms with van der Waals surface area (Å²) >= 11 is 2.43. The van der Waals surface area contributed by atoms with Crippen molar-refractivity contribution in [2.45, 2.75) is 0 Å². The minimum Gasteiger partial charge on any atom is -0.495 e. The number of thiazole rings is 2. The number of methoxy groups -OCH3 is 1. The highest BCUT2D eigenvalue weighted by Gasteiger charge is 2.21. The number of hydrogen-bond acceptors (Lipinski definition) is 25. The highest BCUT2D eigenvalue weighted by Crippen LogP contribution is 2.38. The molecule has 0 aliphatic heterocycles. The summed E-state index contributed by atoms with van der Waals surface area (Å²) in [7, 11) is 1.48. The van der Waals surface area contributed by atoms with E-state index in [9.17, 15) is 48.5 Å². The molecule has 0 bridgehead atoms. The predicted molar refractivity (Wildman–Crippen MR) is 332 cm³/mol. The maximum absolute atomic E-state index is 13.8. The van der Waals surface area contributed by atoms with E-state index in [-0.39, 0.29) is 56.5 Å². The Morgan fingerprint density at radius 3 is 1.78 bits per heavy atom. The van der Waals surface area contributed by atoms with Gasteiger partial charge in [0.25, 0.3) is 33.5 Å². The molecule has 8 N–H and O–H groups in total. The van der Waals surface area contributed by atoms with Crippen LogP contribution in [0.2, 0.25) is 0 Å². The Bertz CT molecular complexity index is 5760. The van der Waals surface area contributed by atoms with Gasteiger partial charge in [0.05, 0.1) is 60.9 Å². The van der Waals surface area contributed by atoms with Gasteiger partial charge in [-0.05, 0) is 72.8 Å². The van der Waals surface area contributed by atoms with Crippen molar-refractivity contribution in [3.63, 3.8) is 0 Å². The number of nitriles is 2. The third kappa shape index (κ3) is 13.7. The molecule has 0 unspecified atom stereocenters. The molecular weight excluding hydrogens is 1250 g/mol. The van der Waals surface area contributed by atoms with E-state index in [2.05, 4.69) is 91.3 Å². The van der Waals surface area contributed by atoms with Crippen LogP contribution in [0.25, 0.3) is 86.6 Å². The Morgan fingerprint density at radius 2 is 1.14 bits per heavy atom. The number of rotatable bonds is 9. The number of benzene rings is 5. The van der Waals surface area contributed by atoms with Gasteiger partial charge in [0.15, 0.2) is 43.4 Å². The number of aromatic nitrogens is 17. The zero-order chi connectivity index (χ0) is 65.1. The maximum Gasteiger partial charge on any atom is 0.327 e. The molecule has 35 heteroatoms. The van der Waals surface area contributed by atoms with E-state index >= 15 is 0 Å². The van der Waals surface area contributed by atoms with Gasteiger partial charge in [0.1, 0.15) is 55.8 Å². The molecule has 0 atom stereocenters. The van der Waals surface area contributed by atoms with Gasteiger partial charge in [-0.1, -0.05) is 53.0 Å². The van der Waals surface area contributed by atoms with Gasteiger partial charge in [-0.3, -0.25) is 54.3 Å². The average Bonchev–Trinajstić information content (AvgIpc) is 1.75. The fourth-order valence-corrected chi connectivity index (χ4v) is 10.0. The summed E-state index contributed by atoms with van der Waals surface area (Å²) in [6.45, 7) is 0. The second kappa shape index (κ2) is 27.1. The van der Waals surface area contributed by atoms with Gasteiger partial charge in [0.2, 0.25) is 11.6 Å². The maximum atomic E-state index is 13.8. The smallest absolute Gasteiger partial charge is 0.327 e. The van der Waals surface area contributed by atoms with Crippen molar-refractivity contribution in [3.05, 3.63) is 236 Å². The first-order valence-electron chi connectivity index (χ1n) is 26.3. The first-order chi connectivity index (χ1) is 45.1. The molecule has 0 aliphatic rings. The molecule has 0 saturated heterocycles. The van der Waals surface area contributed by atoms with E-state index in [1.165, 1.54) is 86.5 Å². The molecule has 32 nitrogen and oxygen atoms in total. The van der Waals surface area contributed by atoms with Crippen LogP contribution in [0.3, 0.4) is 0 Å². The SMILES string of the molecule is COc1ccc(-c2nc3c(=O)[nH]cnc3o2)cc1C#N.N#Cc1cc(-c2nc3c(=O)[nH]cnc3s2)ccc1Oc1ccccc1.O=c1[nH]c(=O)c2cn[nH]c2[nH]1.O=c1[nH]cnc2[nH]ncc12.O=c1[nH]cnc2sc(-c3ccc(Oc4ccccc4F)c([N+](=O)[O-])c3)nc12. The lowest BCUT2D eigenvalue weighted by Gasteiger charge is -2.08. The first kappa shape index (κ1) is 60.9. The molecule has 15 rings (SSSR count). The van der Waals surface area contributed by atoms with Gasteiger partial charge in [-0.2, -0.15) is 20.7 Å². The number of nitro benzene ring substituents is 1. The van der Waals surface area contributed by atoms with E-state index in [0.717, 1.165) is 16.9 Å². The fraction of sp³-hybridized carbons (Fsp3) is 0.0172. The number of para-hydroxylation sites is 2. The summed E-state index contributed by atoms with van der Waals surface area (Å²) in [5.41, 5.74) is 1.53. The second-order valence-electron chi connectivity index (χ2n) is 18.4. The molecule has 0 aliphatic carbocycles. The van der Waals surface area contributed by atoms with Crippen molar-refractivity contribution in [2.75, 3.05) is 7.11 Å². The van der Waals surface area contributed by atoms with E-state index in [1.54, 1.807) is 42.5 Å². The number of nitro groups is 1. The number of nitrogens with one attached hydrogen (secondary N) is 8. The molecule has 458 valence electrons. The minimum absolute atomic E-state index is 0.106. The van der Waals surface area contributed by atoms with Crippen molar-refractivity contribution in [2.24, 2.45) is 0 Å². The van der Waals surface area contributed by atoms with Crippen molar-refractivity contribution < 1.29 is 27.9 Å². The molecule has 0 amide bonds. The number of hydrogen-bond donors (Lipinski definition) is 8. The Balaban J connectivity index is 0.000000124. The van der Waals surface area contributed by atoms with Crippen LogP contribution < -0.4 is 47.7 Å². The number of ether oxygens (including phenoxy) is 3. The van der Waals surface area contributed by atoms with Gasteiger partial charge in [0, 0.05) is 22.8 Å². The normalized spacial score (nSPS) is 10.6. The van der Waals surface area contributed by atoms with Crippen LogP contribution >= 0.6 is 22.7 Å². The number of fused-ring (bicyclic) bond motifs is 5. The standard InChI is InChI=1S/C18H10N4O2S.C17H9FN4O4S.C13H8N4O3.C5H4N4O2.C5H4N4O/c19-9-12-8-11(6-7-14(12)24-13-4-2-1-3-5-13)17-22-15-16(23)20-10-21-18(15)25-17;18-10-3-1-2-4-12(10)26-13-6-5-9(7-11(13)22(24)25)16-21-14-15(23)19-8-20-17(14)27-16;1-19-9-3-2-7(4-8(9)5-14)12-17-10-11(18)15-6-16-13(10)20-12;10-4-2-1-6-9-3(2)7-5(11)8-4;10-5-3-1-8-9-4(3)6-2-7-5/h1-8,10H,(H,20,21,23);1-8H,(H,19,20,23);2-4,6H,1H3,(H,15,16,18);1H,(H3,6,7,8,9,10,11);1-2H,(H2,6,7,8,9,10). The largest absolute Gasteiger partial charge is 0.495 e. The Hall–Kier alpha value is -13.8. The number of oxazole rings is 1. The lowest BCUT2D eigenvalue weighted by Crippen LogP contribution is -2.21. The van der Waals surface area contributed by atoms with Crippen molar-refractivity contribution in [3.8, 4) is 73.5 Å². The summed E-state index contributed by atoms with van der Waals surface area (Å²) in [5, 5.41) is 44.1. The van der Waals surface area contributed by atoms with Crippen LogP contribution in [0.4, 0.5) is 10.1 Å². The predicted octanol–water partition coefficient (Wildman–Crippen LogP) is 7.64. The quantitative estimate of drug-likeness (QED) is 0.0508. The first-order valence-corrected chi connectivity index (χ1v) is 27.9. The fourth-order valence-electron chi connectivity index (χ4n) is 8.22. The van der Waals surface area contributed by atoms with E-state index in [0.29, 0.717) is 86.8 Å². The van der Waals surface area contributed by atoms with Crippen LogP contribution in [0, 0.1) is 38.6 Å². The number of H-pyrrole nitrogens is 8. The molecule has 5 aromatic carbocycles. The average molecular weight is 1290 g/mol. The molecule has 0 radical (unpaired) electrons. The summed E-state index contributed by atoms with van der Waals surface area (Å²) in [6.07, 6.45) is 7.99. The molecule has 0 spiro atoms. The summed E-state index contributed by atoms with van der Waals surface area (Å²) in [6, 6.07) is 33.4. The van der Waals surface area contributed by atoms with Crippen LogP contribution in [0.5, 0.6) is 28.7 Å². The molecule has 0 saturated carbocycles. The van der Waals surface area contributed by atoms with Crippen molar-refractivity contribution in [1.29, 1.82) is 10.5 Å². The van der Waals surface area contributed by atoms with Crippen molar-refractivity contribution >= 4 is 82.4 Å². The minimum atomic E-state index is -0.632. The van der Waals surface area contributed by atoms with Crippen molar-refractivity contribution in [1.82, 2.24) is 85.2 Å². The number of nitrogens with zero attached hydrogens (tertiary/aromatic N) is 12.